The Morgan fingerprint density at radius 1 is 0.814 bits per heavy atom. The van der Waals surface area contributed by atoms with E-state index in [-0.39, 0.29) is 75.6 Å². The number of likely N-dealkylation sites (tertiary alicyclic amines) is 1. The number of nitrogens with one attached hydrogen (secondary N) is 8. The van der Waals surface area contributed by atoms with Crippen LogP contribution < -0.4 is 48.7 Å². The first-order valence-corrected chi connectivity index (χ1v) is 24.7. The smallest absolute Gasteiger partial charge is 0.315 e. The van der Waals surface area contributed by atoms with Gasteiger partial charge in [-0.05, 0) is 89.2 Å². The van der Waals surface area contributed by atoms with Crippen LogP contribution in [0.15, 0.2) is 30.5 Å². The summed E-state index contributed by atoms with van der Waals surface area (Å²) in [6.07, 6.45) is 6.77. The summed E-state index contributed by atoms with van der Waals surface area (Å²) >= 11 is 5.69. The summed E-state index contributed by atoms with van der Waals surface area (Å²) in [6, 6.07) is 1.82. The summed E-state index contributed by atoms with van der Waals surface area (Å²) in [4.78, 5) is 133. The molecule has 386 valence electrons. The molecule has 0 bridgehead atoms. The number of hydrogen-bond acceptors (Lipinski definition) is 10. The van der Waals surface area contributed by atoms with Crippen molar-refractivity contribution in [2.24, 2.45) is 17.4 Å². The van der Waals surface area contributed by atoms with E-state index in [1.165, 1.54) is 4.90 Å². The van der Waals surface area contributed by atoms with Crippen LogP contribution in [0.2, 0.25) is 0 Å². The first-order chi connectivity index (χ1) is 33.5. The average molecular weight is 1000 g/mol. The maximum absolute atomic E-state index is 14.6. The van der Waals surface area contributed by atoms with Gasteiger partial charge in [-0.3, -0.25) is 38.4 Å². The number of halogens is 1. The number of H-pyrrole nitrogens is 1. The molecule has 2 aliphatic heterocycles. The monoisotopic (exact) mass is 999 g/mol. The number of para-hydroxylation sites is 1. The molecule has 1 aromatic carbocycles. The number of primary amides is 2. The Bertz CT molecular complexity index is 2160. The Hall–Kier alpha value is -6.45. The molecule has 0 unspecified atom stereocenters. The third-order valence-corrected chi connectivity index (χ3v) is 13.0. The zero-order valence-electron chi connectivity index (χ0n) is 39.8. The minimum absolute atomic E-state index is 0.0150. The number of ketones is 1. The molecule has 7 atom stereocenters. The summed E-state index contributed by atoms with van der Waals surface area (Å²) in [5, 5.41) is 29.2. The van der Waals surface area contributed by atoms with Crippen LogP contribution in [0.1, 0.15) is 115 Å². The van der Waals surface area contributed by atoms with Gasteiger partial charge in [-0.25, -0.2) is 9.59 Å². The lowest BCUT2D eigenvalue weighted by molar-refractivity contribution is -0.146. The number of alkyl halides is 1. The van der Waals surface area contributed by atoms with Gasteiger partial charge >= 0.3 is 18.0 Å². The Kier molecular flexibility index (Phi) is 23.2. The molecule has 2 aliphatic rings. The van der Waals surface area contributed by atoms with Gasteiger partial charge in [0.1, 0.15) is 24.0 Å². The van der Waals surface area contributed by atoms with Crippen LogP contribution in [0.25, 0.3) is 10.9 Å². The highest BCUT2D eigenvalue weighted by molar-refractivity contribution is 6.27. The first kappa shape index (κ1) is 56.1. The maximum atomic E-state index is 14.6. The number of aliphatic carboxylic acids is 1. The van der Waals surface area contributed by atoms with Gasteiger partial charge in [-0.15, -0.1) is 11.6 Å². The summed E-state index contributed by atoms with van der Waals surface area (Å²) in [7, 11) is 0. The number of benzene rings is 1. The van der Waals surface area contributed by atoms with E-state index >= 15 is 0 Å². The predicted octanol–water partition coefficient (Wildman–Crippen LogP) is 1.47. The molecule has 0 radical (unpaired) electrons. The average Bonchev–Trinajstić information content (AvgIpc) is 3.89. The molecule has 10 amide bonds. The highest BCUT2D eigenvalue weighted by Gasteiger charge is 2.38. The third kappa shape index (κ3) is 18.5. The van der Waals surface area contributed by atoms with E-state index in [0.29, 0.717) is 50.6 Å². The second-order valence-electron chi connectivity index (χ2n) is 18.1. The number of aromatic nitrogens is 1. The molecule has 13 N–H and O–H groups in total. The fraction of sp³-hybridized carbons (Fsp3) is 0.617. The number of nitrogens with two attached hydrogens (primary N) is 2. The standard InChI is InChI=1S/C47H70ClN11O11/c1-28-32(58-47(70)54-28)14-3-2-4-18-39(61)51-21-9-7-16-34(42(49)65)56-43(66)29(12-11-22-52-46(50)69)25-38(60)36(24-30-27-53-33-15-6-5-13-31(30)33)57-44(67)37-17-8-10-23-59(37)45(68)35(19-20-41(63)64)55-40(62)26-48/h5-6,13,15,27-29,32,34-37,53H,2-4,7-12,14,16-26H2,1H3,(H2,49,65)(H,51,61)(H,55,62)(H,56,66)(H,57,67)(H,63,64)(H3,50,52,69)(H2,54,58,70)/t28-,29-,32+,34+,35+,36+,37+/m1/s1. The van der Waals surface area contributed by atoms with E-state index in [9.17, 15) is 53.1 Å². The molecule has 2 aromatic rings. The Morgan fingerprint density at radius 3 is 2.27 bits per heavy atom. The van der Waals surface area contributed by atoms with E-state index in [1.807, 2.05) is 31.2 Å². The number of carbonyl (C=O) groups is 10. The molecule has 2 saturated heterocycles. The van der Waals surface area contributed by atoms with Crippen molar-refractivity contribution in [1.29, 1.82) is 0 Å². The summed E-state index contributed by atoms with van der Waals surface area (Å²) in [6.45, 7) is 2.49. The lowest BCUT2D eigenvalue weighted by Crippen LogP contribution is -2.59. The number of carboxylic acids is 1. The van der Waals surface area contributed by atoms with Crippen LogP contribution in [0.3, 0.4) is 0 Å². The normalized spacial score (nSPS) is 18.3. The molecule has 70 heavy (non-hydrogen) atoms. The Balaban J connectivity index is 1.43. The predicted molar refractivity (Wildman–Crippen MR) is 259 cm³/mol. The van der Waals surface area contributed by atoms with E-state index < -0.39 is 96.1 Å². The lowest BCUT2D eigenvalue weighted by atomic mass is 9.90. The zero-order chi connectivity index (χ0) is 51.2. The molecule has 23 heteroatoms. The largest absolute Gasteiger partial charge is 0.481 e. The van der Waals surface area contributed by atoms with Crippen LogP contribution in [0.5, 0.6) is 0 Å². The van der Waals surface area contributed by atoms with Gasteiger partial charge in [0.2, 0.25) is 35.4 Å². The number of aromatic amines is 1. The van der Waals surface area contributed by atoms with Crippen LogP contribution >= 0.6 is 11.6 Å². The summed E-state index contributed by atoms with van der Waals surface area (Å²) in [5.41, 5.74) is 12.5. The molecule has 1 aromatic heterocycles. The number of carboxylic acid groups (broad SMARTS) is 1. The number of nitrogens with zero attached hydrogens (tertiary/aromatic N) is 1. The Morgan fingerprint density at radius 2 is 1.57 bits per heavy atom. The highest BCUT2D eigenvalue weighted by atomic mass is 35.5. The fourth-order valence-electron chi connectivity index (χ4n) is 8.89. The van der Waals surface area contributed by atoms with Crippen molar-refractivity contribution in [3.8, 4) is 0 Å². The fourth-order valence-corrected chi connectivity index (χ4v) is 8.96. The number of hydrogen-bond donors (Lipinski definition) is 11. The minimum atomic E-state index is -1.28. The Labute approximate surface area is 412 Å². The summed E-state index contributed by atoms with van der Waals surface area (Å²) in [5.74, 6) is -6.86. The molecular weight excluding hydrogens is 930 g/mol. The van der Waals surface area contributed by atoms with E-state index in [4.69, 9.17) is 23.1 Å². The van der Waals surface area contributed by atoms with Gasteiger partial charge in [-0.1, -0.05) is 31.0 Å². The van der Waals surface area contributed by atoms with Gasteiger partial charge in [0.25, 0.3) is 0 Å². The number of urea groups is 2. The van der Waals surface area contributed by atoms with Crippen molar-refractivity contribution >= 4 is 81.8 Å². The van der Waals surface area contributed by atoms with Gasteiger partial charge in [0, 0.05) is 74.4 Å². The topological polar surface area (TPSA) is 346 Å². The lowest BCUT2D eigenvalue weighted by Gasteiger charge is -2.37. The molecule has 0 saturated carbocycles. The van der Waals surface area contributed by atoms with Crippen molar-refractivity contribution in [3.63, 3.8) is 0 Å². The zero-order valence-corrected chi connectivity index (χ0v) is 40.5. The van der Waals surface area contributed by atoms with Crippen LogP contribution in [-0.4, -0.2) is 136 Å². The summed E-state index contributed by atoms with van der Waals surface area (Å²) < 4.78 is 0. The van der Waals surface area contributed by atoms with E-state index in [2.05, 4.69) is 42.2 Å². The minimum Gasteiger partial charge on any atom is -0.481 e. The number of piperidine rings is 1. The quantitative estimate of drug-likeness (QED) is 0.0380. The number of rotatable bonds is 31. The SMILES string of the molecule is C[C@H]1NC(=O)N[C@H]1CCCCCC(=O)NCCCC[C@H](NC(=O)[C@H](CCCNC(N)=O)CC(=O)[C@H](Cc1c[nH]c2ccccc12)NC(=O)[C@@H]1CCCCN1C(=O)[C@H](CCC(=O)O)NC(=O)CCl)C(N)=O. The van der Waals surface area contributed by atoms with Crippen LogP contribution in [0.4, 0.5) is 9.59 Å². The second-order valence-corrected chi connectivity index (χ2v) is 18.3. The van der Waals surface area contributed by atoms with Gasteiger partial charge in [-0.2, -0.15) is 0 Å². The van der Waals surface area contributed by atoms with Gasteiger partial charge in [0.05, 0.1) is 12.1 Å². The van der Waals surface area contributed by atoms with Gasteiger partial charge in [0.15, 0.2) is 5.78 Å². The molecule has 2 fully saturated rings. The van der Waals surface area contributed by atoms with Crippen LogP contribution in [-0.2, 0) is 44.8 Å². The number of carbonyl (C=O) groups excluding carboxylic acids is 9. The maximum Gasteiger partial charge on any atom is 0.315 e. The van der Waals surface area contributed by atoms with Crippen molar-refractivity contribution in [1.82, 2.24) is 47.1 Å². The number of fused-ring (bicyclic) bond motifs is 1. The molecule has 22 nitrogen and oxygen atoms in total. The number of unbranched alkanes of at least 4 members (excludes halogenated alkanes) is 3. The number of amides is 10. The second kappa shape index (κ2) is 28.9. The molecule has 4 rings (SSSR count). The molecular formula is C47H70ClN11O11. The van der Waals surface area contributed by atoms with Crippen LogP contribution in [0, 0.1) is 5.92 Å². The highest BCUT2D eigenvalue weighted by Crippen LogP contribution is 2.24. The van der Waals surface area contributed by atoms with Crippen molar-refractivity contribution in [2.45, 2.75) is 152 Å². The van der Waals surface area contributed by atoms with Crippen molar-refractivity contribution in [2.75, 3.05) is 25.5 Å². The third-order valence-electron chi connectivity index (χ3n) is 12.7. The first-order valence-electron chi connectivity index (χ1n) is 24.2. The molecule has 0 aliphatic carbocycles. The van der Waals surface area contributed by atoms with Crippen molar-refractivity contribution in [3.05, 3.63) is 36.0 Å². The van der Waals surface area contributed by atoms with E-state index in [0.717, 1.165) is 30.2 Å². The van der Waals surface area contributed by atoms with E-state index in [1.54, 1.807) is 6.20 Å². The molecule has 3 heterocycles. The van der Waals surface area contributed by atoms with Gasteiger partial charge < -0.3 is 63.7 Å². The van der Waals surface area contributed by atoms with Crippen molar-refractivity contribution < 1.29 is 53.1 Å². The number of Topliss-reactive ketones (excluding diaryl/α,β-unsaturated/α-hetero) is 1. The molecule has 0 spiro atoms.